The Hall–Kier alpha value is -0.250. The van der Waals surface area contributed by atoms with E-state index in [-0.39, 0.29) is 6.42 Å². The van der Waals surface area contributed by atoms with Crippen LogP contribution in [0.3, 0.4) is 0 Å². The first-order valence-electron chi connectivity index (χ1n) is 2.76. The highest BCUT2D eigenvalue weighted by atomic mass is 19.3. The first-order chi connectivity index (χ1) is 4.04. The van der Waals surface area contributed by atoms with Crippen molar-refractivity contribution in [2.75, 3.05) is 6.54 Å². The number of alkyl halides is 3. The fraction of sp³-hybridized carbons (Fsp3) is 1.00. The maximum absolute atomic E-state index is 12.1. The first-order valence-corrected chi connectivity index (χ1v) is 2.76. The summed E-state index contributed by atoms with van der Waals surface area (Å²) in [4.78, 5) is 0. The first kappa shape index (κ1) is 8.75. The highest BCUT2D eigenvalue weighted by molar-refractivity contribution is 4.75. The van der Waals surface area contributed by atoms with E-state index in [4.69, 9.17) is 0 Å². The molecule has 1 atom stereocenters. The zero-order valence-electron chi connectivity index (χ0n) is 5.20. The van der Waals surface area contributed by atoms with E-state index >= 15 is 0 Å². The van der Waals surface area contributed by atoms with Gasteiger partial charge < -0.3 is 5.73 Å². The Labute approximate surface area is 52.0 Å². The Morgan fingerprint density at radius 1 is 1.56 bits per heavy atom. The molecule has 0 rings (SSSR count). The van der Waals surface area contributed by atoms with Crippen molar-refractivity contribution < 1.29 is 13.2 Å². The molecule has 56 valence electrons. The van der Waals surface area contributed by atoms with Crippen LogP contribution in [0.4, 0.5) is 13.2 Å². The molecule has 0 saturated carbocycles. The number of rotatable bonds is 3. The molecule has 0 aromatic carbocycles. The van der Waals surface area contributed by atoms with E-state index in [1.165, 1.54) is 6.92 Å². The maximum Gasteiger partial charge on any atom is 0.290 e. The Kier molecular flexibility index (Phi) is 2.97. The van der Waals surface area contributed by atoms with E-state index in [0.29, 0.717) is 0 Å². The van der Waals surface area contributed by atoms with Gasteiger partial charge in [-0.15, -0.1) is 0 Å². The molecular formula is C5H10F3N. The van der Waals surface area contributed by atoms with Crippen molar-refractivity contribution in [1.29, 1.82) is 0 Å². The molecule has 0 aliphatic carbocycles. The molecule has 4 heteroatoms. The van der Waals surface area contributed by atoms with Gasteiger partial charge in [-0.3, -0.25) is 0 Å². The van der Waals surface area contributed by atoms with Crippen molar-refractivity contribution in [3.05, 3.63) is 0 Å². The topological polar surface area (TPSA) is 26.0 Å². The molecule has 0 fully saturated rings. The number of hydrogen-bond acceptors (Lipinski definition) is 1. The van der Waals surface area contributed by atoms with Gasteiger partial charge in [-0.25, -0.2) is 13.2 Å². The lowest BCUT2D eigenvalue weighted by atomic mass is 10.2. The third-order valence-electron chi connectivity index (χ3n) is 1.09. The van der Waals surface area contributed by atoms with E-state index in [9.17, 15) is 13.2 Å². The summed E-state index contributed by atoms with van der Waals surface area (Å²) in [5, 5.41) is 0. The molecule has 0 radical (unpaired) electrons. The standard InChI is InChI=1S/C5H10F3N/c1-2-4(6)5(7,8)3-9/h4H,2-3,9H2,1H3. The molecular weight excluding hydrogens is 131 g/mol. The van der Waals surface area contributed by atoms with Crippen molar-refractivity contribution in [2.45, 2.75) is 25.4 Å². The maximum atomic E-state index is 12.1. The second kappa shape index (κ2) is 3.06. The van der Waals surface area contributed by atoms with Crippen molar-refractivity contribution in [2.24, 2.45) is 5.73 Å². The summed E-state index contributed by atoms with van der Waals surface area (Å²) >= 11 is 0. The molecule has 1 unspecified atom stereocenters. The van der Waals surface area contributed by atoms with Crippen LogP contribution in [-0.4, -0.2) is 18.6 Å². The van der Waals surface area contributed by atoms with E-state index in [2.05, 4.69) is 5.73 Å². The molecule has 0 spiro atoms. The van der Waals surface area contributed by atoms with Crippen molar-refractivity contribution in [1.82, 2.24) is 0 Å². The summed E-state index contributed by atoms with van der Waals surface area (Å²) in [6, 6.07) is 0. The zero-order chi connectivity index (χ0) is 7.49. The van der Waals surface area contributed by atoms with Gasteiger partial charge in [0.1, 0.15) is 0 Å². The predicted octanol–water partition coefficient (Wildman–Crippen LogP) is 1.33. The molecule has 0 heterocycles. The smallest absolute Gasteiger partial charge is 0.290 e. The zero-order valence-corrected chi connectivity index (χ0v) is 5.20. The van der Waals surface area contributed by atoms with Gasteiger partial charge in [0.05, 0.1) is 6.54 Å². The Morgan fingerprint density at radius 2 is 2.00 bits per heavy atom. The van der Waals surface area contributed by atoms with Crippen LogP contribution in [0.1, 0.15) is 13.3 Å². The van der Waals surface area contributed by atoms with E-state index in [1.54, 1.807) is 0 Å². The molecule has 0 aromatic heterocycles. The summed E-state index contributed by atoms with van der Waals surface area (Å²) < 4.78 is 36.2. The number of nitrogens with two attached hydrogens (primary N) is 1. The summed E-state index contributed by atoms with van der Waals surface area (Å²) in [6.07, 6.45) is -2.29. The summed E-state index contributed by atoms with van der Waals surface area (Å²) in [5.74, 6) is -3.34. The summed E-state index contributed by atoms with van der Waals surface area (Å²) in [5.41, 5.74) is 4.59. The number of hydrogen-bond donors (Lipinski definition) is 1. The average Bonchev–Trinajstić information content (AvgIpc) is 1.86. The van der Waals surface area contributed by atoms with Crippen LogP contribution in [0, 0.1) is 0 Å². The summed E-state index contributed by atoms with van der Waals surface area (Å²) in [7, 11) is 0. The third kappa shape index (κ3) is 2.22. The van der Waals surface area contributed by atoms with Crippen LogP contribution in [0.15, 0.2) is 0 Å². The fourth-order valence-electron chi connectivity index (χ4n) is 0.427. The quantitative estimate of drug-likeness (QED) is 0.630. The van der Waals surface area contributed by atoms with Gasteiger partial charge in [0, 0.05) is 0 Å². The van der Waals surface area contributed by atoms with Crippen LogP contribution in [0.5, 0.6) is 0 Å². The molecule has 2 N–H and O–H groups in total. The molecule has 0 saturated heterocycles. The highest BCUT2D eigenvalue weighted by Crippen LogP contribution is 2.21. The lowest BCUT2D eigenvalue weighted by Crippen LogP contribution is -2.37. The van der Waals surface area contributed by atoms with Crippen molar-refractivity contribution >= 4 is 0 Å². The van der Waals surface area contributed by atoms with Crippen LogP contribution in [0.25, 0.3) is 0 Å². The number of halogens is 3. The average molecular weight is 141 g/mol. The molecule has 9 heavy (non-hydrogen) atoms. The molecule has 0 aliphatic heterocycles. The Balaban J connectivity index is 3.80. The molecule has 0 amide bonds. The largest absolute Gasteiger partial charge is 0.325 e. The van der Waals surface area contributed by atoms with Crippen LogP contribution >= 0.6 is 0 Å². The summed E-state index contributed by atoms with van der Waals surface area (Å²) in [6.45, 7) is 0.441. The SMILES string of the molecule is CCC(F)C(F)(F)CN. The van der Waals surface area contributed by atoms with Gasteiger partial charge >= 0.3 is 0 Å². The van der Waals surface area contributed by atoms with Gasteiger partial charge in [0.25, 0.3) is 5.92 Å². The molecule has 1 nitrogen and oxygen atoms in total. The fourth-order valence-corrected chi connectivity index (χ4v) is 0.427. The molecule has 0 aliphatic rings. The second-order valence-electron chi connectivity index (χ2n) is 1.84. The third-order valence-corrected chi connectivity index (χ3v) is 1.09. The van der Waals surface area contributed by atoms with Gasteiger partial charge in [0.2, 0.25) is 0 Å². The van der Waals surface area contributed by atoms with E-state index in [0.717, 1.165) is 0 Å². The lowest BCUT2D eigenvalue weighted by molar-refractivity contribution is -0.0642. The van der Waals surface area contributed by atoms with E-state index in [1.807, 2.05) is 0 Å². The minimum atomic E-state index is -3.34. The minimum Gasteiger partial charge on any atom is -0.325 e. The highest BCUT2D eigenvalue weighted by Gasteiger charge is 2.36. The Bertz CT molecular complexity index is 84.3. The van der Waals surface area contributed by atoms with Crippen molar-refractivity contribution in [3.8, 4) is 0 Å². The van der Waals surface area contributed by atoms with Crippen molar-refractivity contribution in [3.63, 3.8) is 0 Å². The van der Waals surface area contributed by atoms with Gasteiger partial charge in [-0.05, 0) is 6.42 Å². The van der Waals surface area contributed by atoms with Gasteiger partial charge in [-0.2, -0.15) is 0 Å². The Morgan fingerprint density at radius 3 is 2.11 bits per heavy atom. The van der Waals surface area contributed by atoms with Crippen LogP contribution < -0.4 is 5.73 Å². The van der Waals surface area contributed by atoms with E-state index < -0.39 is 18.6 Å². The second-order valence-corrected chi connectivity index (χ2v) is 1.84. The van der Waals surface area contributed by atoms with Gasteiger partial charge in [0.15, 0.2) is 6.17 Å². The predicted molar refractivity (Wildman–Crippen MR) is 29.2 cm³/mol. The molecule has 0 bridgehead atoms. The normalized spacial score (nSPS) is 15.7. The lowest BCUT2D eigenvalue weighted by Gasteiger charge is -2.16. The molecule has 0 aromatic rings. The van der Waals surface area contributed by atoms with Crippen LogP contribution in [0.2, 0.25) is 0 Å². The van der Waals surface area contributed by atoms with Gasteiger partial charge in [-0.1, -0.05) is 6.92 Å². The monoisotopic (exact) mass is 141 g/mol. The van der Waals surface area contributed by atoms with Crippen LogP contribution in [-0.2, 0) is 0 Å². The minimum absolute atomic E-state index is 0.190.